The van der Waals surface area contributed by atoms with Crippen LogP contribution in [-0.4, -0.2) is 42.7 Å². The van der Waals surface area contributed by atoms with Crippen LogP contribution in [0.4, 0.5) is 0 Å². The van der Waals surface area contributed by atoms with E-state index in [4.69, 9.17) is 4.74 Å². The normalized spacial score (nSPS) is 11.5. The summed E-state index contributed by atoms with van der Waals surface area (Å²) in [5.74, 6) is 0.737. The van der Waals surface area contributed by atoms with Gasteiger partial charge in [-0.2, -0.15) is 0 Å². The van der Waals surface area contributed by atoms with E-state index in [0.717, 1.165) is 34.0 Å². The van der Waals surface area contributed by atoms with E-state index >= 15 is 0 Å². The molecule has 2 aromatic carbocycles. The van der Waals surface area contributed by atoms with Crippen LogP contribution in [0.15, 0.2) is 54.7 Å². The number of nitrogens with zero attached hydrogens (tertiary/aromatic N) is 2. The zero-order valence-electron chi connectivity index (χ0n) is 14.7. The molecule has 128 valence electrons. The lowest BCUT2D eigenvalue weighted by Crippen LogP contribution is -2.10. The molecule has 0 saturated carbocycles. The van der Waals surface area contributed by atoms with Crippen LogP contribution >= 0.6 is 0 Å². The largest absolute Gasteiger partial charge is 0.507 e. The number of hydrogen-bond donors (Lipinski definition) is 1. The van der Waals surface area contributed by atoms with Gasteiger partial charge in [-0.15, -0.1) is 0 Å². The average molecular weight is 334 g/mol. The Bertz CT molecular complexity index is 900. The molecule has 0 radical (unpaired) electrons. The van der Waals surface area contributed by atoms with Gasteiger partial charge in [0.05, 0.1) is 7.11 Å². The van der Waals surface area contributed by atoms with Crippen LogP contribution in [0.25, 0.3) is 28.0 Å². The van der Waals surface area contributed by atoms with Crippen molar-refractivity contribution in [3.63, 3.8) is 0 Å². The molecule has 0 spiro atoms. The van der Waals surface area contributed by atoms with Gasteiger partial charge < -0.3 is 14.7 Å². The third kappa shape index (κ3) is 3.64. The molecule has 3 rings (SSSR count). The lowest BCUT2D eigenvalue weighted by molar-refractivity contribution is 0.403. The number of pyridine rings is 1. The van der Waals surface area contributed by atoms with Crippen molar-refractivity contribution in [2.75, 3.05) is 27.7 Å². The molecule has 1 aromatic heterocycles. The minimum absolute atomic E-state index is 0.225. The average Bonchev–Trinajstić information content (AvgIpc) is 2.61. The Morgan fingerprint density at radius 1 is 1.12 bits per heavy atom. The summed E-state index contributed by atoms with van der Waals surface area (Å²) in [5, 5.41) is 11.9. The van der Waals surface area contributed by atoms with Gasteiger partial charge in [-0.1, -0.05) is 42.5 Å². The molecule has 4 heteroatoms. The number of benzene rings is 2. The maximum Gasteiger partial charge on any atom is 0.221 e. The van der Waals surface area contributed by atoms with Gasteiger partial charge in [-0.25, -0.2) is 4.98 Å². The molecule has 0 aliphatic heterocycles. The van der Waals surface area contributed by atoms with Crippen LogP contribution in [0, 0.1) is 0 Å². The lowest BCUT2D eigenvalue weighted by Gasteiger charge is -2.11. The van der Waals surface area contributed by atoms with E-state index in [9.17, 15) is 5.11 Å². The van der Waals surface area contributed by atoms with Crippen molar-refractivity contribution in [3.8, 4) is 22.8 Å². The molecule has 3 aromatic rings. The molecule has 0 bridgehead atoms. The Morgan fingerprint density at radius 2 is 1.88 bits per heavy atom. The first-order chi connectivity index (χ1) is 12.1. The second-order valence-electron chi connectivity index (χ2n) is 6.17. The van der Waals surface area contributed by atoms with Gasteiger partial charge in [-0.3, -0.25) is 0 Å². The van der Waals surface area contributed by atoms with E-state index < -0.39 is 0 Å². The Balaban J connectivity index is 2.01. The third-order valence-corrected chi connectivity index (χ3v) is 4.05. The molecule has 4 nitrogen and oxygen atoms in total. The highest BCUT2D eigenvalue weighted by Crippen LogP contribution is 2.37. The number of rotatable bonds is 5. The van der Waals surface area contributed by atoms with Gasteiger partial charge in [0.25, 0.3) is 0 Å². The van der Waals surface area contributed by atoms with Crippen molar-refractivity contribution in [1.82, 2.24) is 9.88 Å². The highest BCUT2D eigenvalue weighted by atomic mass is 16.5. The standard InChI is InChI=1S/C21H22N2O2/c1-23(2)13-5-6-15-9-11-16(12-10-15)18-14-22-21(25-3)17-7-4-8-19(24)20(17)18/h4-12,14,24H,13H2,1-3H3/b6-5+. The van der Waals surface area contributed by atoms with Crippen LogP contribution in [0.5, 0.6) is 11.6 Å². The Kier molecular flexibility index (Phi) is 5.00. The smallest absolute Gasteiger partial charge is 0.221 e. The molecule has 25 heavy (non-hydrogen) atoms. The number of phenols is 1. The number of likely N-dealkylation sites (N-methyl/N-ethyl adjacent to an activating group) is 1. The van der Waals surface area contributed by atoms with Gasteiger partial charge in [0.15, 0.2) is 0 Å². The number of aromatic hydroxyl groups is 1. The Labute approximate surface area is 148 Å². The van der Waals surface area contributed by atoms with Crippen LogP contribution < -0.4 is 4.74 Å². The van der Waals surface area contributed by atoms with E-state index in [2.05, 4.69) is 34.2 Å². The summed E-state index contributed by atoms with van der Waals surface area (Å²) in [6.07, 6.45) is 5.98. The fourth-order valence-electron chi connectivity index (χ4n) is 2.81. The summed E-state index contributed by atoms with van der Waals surface area (Å²) in [7, 11) is 5.67. The summed E-state index contributed by atoms with van der Waals surface area (Å²) in [5.41, 5.74) is 3.03. The zero-order valence-corrected chi connectivity index (χ0v) is 14.7. The minimum Gasteiger partial charge on any atom is -0.507 e. The van der Waals surface area contributed by atoms with Crippen molar-refractivity contribution >= 4 is 16.8 Å². The van der Waals surface area contributed by atoms with Crippen LogP contribution in [-0.2, 0) is 0 Å². The van der Waals surface area contributed by atoms with E-state index in [1.807, 2.05) is 32.3 Å². The molecule has 0 aliphatic carbocycles. The molecule has 0 fully saturated rings. The highest BCUT2D eigenvalue weighted by Gasteiger charge is 2.12. The Morgan fingerprint density at radius 3 is 2.56 bits per heavy atom. The van der Waals surface area contributed by atoms with Crippen molar-refractivity contribution in [3.05, 3.63) is 60.3 Å². The van der Waals surface area contributed by atoms with Gasteiger partial charge in [0, 0.05) is 29.1 Å². The van der Waals surface area contributed by atoms with Crippen LogP contribution in [0.2, 0.25) is 0 Å². The predicted molar refractivity (Wildman–Crippen MR) is 103 cm³/mol. The number of methoxy groups -OCH3 is 1. The highest BCUT2D eigenvalue weighted by molar-refractivity contribution is 6.02. The molecule has 1 heterocycles. The topological polar surface area (TPSA) is 45.6 Å². The second-order valence-corrected chi connectivity index (χ2v) is 6.17. The number of fused-ring (bicyclic) bond motifs is 1. The van der Waals surface area contributed by atoms with Crippen molar-refractivity contribution in [1.29, 1.82) is 0 Å². The van der Waals surface area contributed by atoms with Gasteiger partial charge in [0.1, 0.15) is 5.75 Å². The van der Waals surface area contributed by atoms with Crippen molar-refractivity contribution < 1.29 is 9.84 Å². The summed E-state index contributed by atoms with van der Waals surface area (Å²) in [4.78, 5) is 6.50. The van der Waals surface area contributed by atoms with Gasteiger partial charge in [-0.05, 0) is 37.4 Å². The molecule has 0 amide bonds. The summed E-state index contributed by atoms with van der Waals surface area (Å²) in [6.45, 7) is 0.905. The molecule has 0 atom stereocenters. The molecule has 0 saturated heterocycles. The first kappa shape index (κ1) is 17.0. The number of phenolic OH excluding ortho intramolecular Hbond substituents is 1. The van der Waals surface area contributed by atoms with Crippen LogP contribution in [0.1, 0.15) is 5.56 Å². The predicted octanol–water partition coefficient (Wildman–Crippen LogP) is 4.19. The SMILES string of the molecule is COc1ncc(-c2ccc(/C=C/CN(C)C)cc2)c2c(O)cccc12. The molecule has 1 N–H and O–H groups in total. The first-order valence-corrected chi connectivity index (χ1v) is 8.16. The van der Waals surface area contributed by atoms with Crippen molar-refractivity contribution in [2.24, 2.45) is 0 Å². The fourth-order valence-corrected chi connectivity index (χ4v) is 2.81. The van der Waals surface area contributed by atoms with E-state index in [0.29, 0.717) is 5.88 Å². The monoisotopic (exact) mass is 334 g/mol. The maximum absolute atomic E-state index is 10.4. The third-order valence-electron chi connectivity index (χ3n) is 4.05. The Hall–Kier alpha value is -2.85. The molecular formula is C21H22N2O2. The van der Waals surface area contributed by atoms with Crippen LogP contribution in [0.3, 0.4) is 0 Å². The number of ether oxygens (including phenoxy) is 1. The van der Waals surface area contributed by atoms with E-state index in [1.165, 1.54) is 0 Å². The first-order valence-electron chi connectivity index (χ1n) is 8.16. The lowest BCUT2D eigenvalue weighted by atomic mass is 9.99. The van der Waals surface area contributed by atoms with Crippen molar-refractivity contribution in [2.45, 2.75) is 0 Å². The fraction of sp³-hybridized carbons (Fsp3) is 0.190. The summed E-state index contributed by atoms with van der Waals surface area (Å²) >= 11 is 0. The summed E-state index contributed by atoms with van der Waals surface area (Å²) < 4.78 is 5.32. The molecule has 0 aliphatic rings. The maximum atomic E-state index is 10.4. The van der Waals surface area contributed by atoms with Gasteiger partial charge in [0.2, 0.25) is 5.88 Å². The van der Waals surface area contributed by atoms with E-state index in [-0.39, 0.29) is 5.75 Å². The van der Waals surface area contributed by atoms with E-state index in [1.54, 1.807) is 25.4 Å². The quantitative estimate of drug-likeness (QED) is 0.760. The number of aromatic nitrogens is 1. The number of hydrogen-bond acceptors (Lipinski definition) is 4. The zero-order chi connectivity index (χ0) is 17.8. The summed E-state index contributed by atoms with van der Waals surface area (Å²) in [6, 6.07) is 13.6. The second kappa shape index (κ2) is 7.36. The molecule has 0 unspecified atom stereocenters. The minimum atomic E-state index is 0.225. The molecular weight excluding hydrogens is 312 g/mol. The van der Waals surface area contributed by atoms with Gasteiger partial charge >= 0.3 is 0 Å².